The second kappa shape index (κ2) is 14.8. The van der Waals surface area contributed by atoms with Crippen LogP contribution in [0, 0.1) is 0 Å². The average molecular weight is 653 g/mol. The number of carbonyl (C=O) groups excluding carboxylic acids is 2. The van der Waals surface area contributed by atoms with E-state index in [0.717, 1.165) is 22.4 Å². The molecule has 0 unspecified atom stereocenters. The van der Waals surface area contributed by atoms with Crippen molar-refractivity contribution in [3.05, 3.63) is 88.9 Å². The van der Waals surface area contributed by atoms with E-state index in [1.54, 1.807) is 11.0 Å². The zero-order valence-electron chi connectivity index (χ0n) is 28.4. The van der Waals surface area contributed by atoms with Crippen LogP contribution in [0.4, 0.5) is 10.5 Å². The summed E-state index contributed by atoms with van der Waals surface area (Å²) < 4.78 is 17.8. The smallest absolute Gasteiger partial charge is 0.410 e. The first-order valence-corrected chi connectivity index (χ1v) is 18.6. The molecule has 0 radical (unpaired) electrons. The molecule has 3 rings (SSSR count). The van der Waals surface area contributed by atoms with E-state index in [2.05, 4.69) is 39.2 Å². The zero-order chi connectivity index (χ0) is 33.6. The van der Waals surface area contributed by atoms with E-state index in [-0.39, 0.29) is 23.6 Å². The highest BCUT2D eigenvalue weighted by Gasteiger charge is 2.41. The molecule has 45 heavy (non-hydrogen) atoms. The molecule has 3 aromatic carbocycles. The molecular weight excluding hydrogens is 604 g/mol. The lowest BCUT2D eigenvalue weighted by molar-refractivity contribution is 0.00798. The lowest BCUT2D eigenvalue weighted by Gasteiger charge is -2.41. The molecule has 0 saturated heterocycles. The van der Waals surface area contributed by atoms with Crippen LogP contribution < -0.4 is 5.32 Å². The van der Waals surface area contributed by atoms with E-state index in [1.807, 2.05) is 94.4 Å². The molecule has 7 nitrogen and oxygen atoms in total. The Bertz CT molecular complexity index is 1460. The monoisotopic (exact) mass is 652 g/mol. The number of hydrogen-bond donors (Lipinski definition) is 1. The number of ether oxygens (including phenoxy) is 2. The average Bonchev–Trinajstić information content (AvgIpc) is 2.96. The summed E-state index contributed by atoms with van der Waals surface area (Å²) in [6, 6.07) is 22.6. The first kappa shape index (κ1) is 36.1. The Morgan fingerprint density at radius 1 is 0.933 bits per heavy atom. The van der Waals surface area contributed by atoms with Gasteiger partial charge in [0.2, 0.25) is 0 Å². The minimum atomic E-state index is -2.25. The molecule has 9 heteroatoms. The molecule has 0 fully saturated rings. The van der Waals surface area contributed by atoms with Gasteiger partial charge in [-0.15, -0.1) is 0 Å². The number of nitrogens with zero attached hydrogens (tertiary/aromatic N) is 1. The van der Waals surface area contributed by atoms with Crippen molar-refractivity contribution in [2.75, 3.05) is 25.5 Å². The van der Waals surface area contributed by atoms with E-state index in [4.69, 9.17) is 25.5 Å². The van der Waals surface area contributed by atoms with Crippen LogP contribution in [-0.4, -0.2) is 57.1 Å². The standard InChI is InChI=1S/C36H49ClN2O5Si/c1-25(23-38-29-18-14-15-26(22-29)30-19-11-12-20-31(30)33(40)42-8)39(34(41)43-35(2,3)4)24-32(27-16-13-17-28(37)21-27)44-45(9,10)36(5,6)7/h11-22,25,32,38H,23-24H2,1-10H3/t25-,32+/m1/s1. The van der Waals surface area contributed by atoms with E-state index in [9.17, 15) is 9.59 Å². The summed E-state index contributed by atoms with van der Waals surface area (Å²) in [5, 5.41) is 4.07. The molecular formula is C36H49ClN2O5Si. The van der Waals surface area contributed by atoms with Gasteiger partial charge in [-0.25, -0.2) is 9.59 Å². The quantitative estimate of drug-likeness (QED) is 0.164. The molecule has 1 N–H and O–H groups in total. The number of nitrogens with one attached hydrogen (secondary N) is 1. The van der Waals surface area contributed by atoms with Crippen molar-refractivity contribution >= 4 is 37.7 Å². The number of methoxy groups -OCH3 is 1. The Morgan fingerprint density at radius 2 is 1.60 bits per heavy atom. The third kappa shape index (κ3) is 10.1. The molecule has 0 aliphatic heterocycles. The van der Waals surface area contributed by atoms with Gasteiger partial charge in [-0.3, -0.25) is 0 Å². The van der Waals surface area contributed by atoms with Crippen molar-refractivity contribution in [2.45, 2.75) is 84.3 Å². The van der Waals surface area contributed by atoms with Crippen LogP contribution in [0.15, 0.2) is 72.8 Å². The predicted molar refractivity (Wildman–Crippen MR) is 187 cm³/mol. The number of anilines is 1. The van der Waals surface area contributed by atoms with Crippen molar-refractivity contribution < 1.29 is 23.5 Å². The van der Waals surface area contributed by atoms with Crippen molar-refractivity contribution in [2.24, 2.45) is 0 Å². The SMILES string of the molecule is COC(=O)c1ccccc1-c1cccc(NC[C@@H](C)N(C[C@H](O[Si](C)(C)C(C)(C)C)c2cccc(Cl)c2)C(=O)OC(C)(C)C)c1. The van der Waals surface area contributed by atoms with Crippen LogP contribution >= 0.6 is 11.6 Å². The van der Waals surface area contributed by atoms with Gasteiger partial charge in [-0.05, 0) is 92.8 Å². The zero-order valence-corrected chi connectivity index (χ0v) is 30.1. The van der Waals surface area contributed by atoms with Gasteiger partial charge in [0.25, 0.3) is 0 Å². The van der Waals surface area contributed by atoms with Crippen LogP contribution in [-0.2, 0) is 13.9 Å². The first-order chi connectivity index (χ1) is 20.9. The van der Waals surface area contributed by atoms with Crippen molar-refractivity contribution in [3.63, 3.8) is 0 Å². The molecule has 0 bridgehead atoms. The number of benzene rings is 3. The van der Waals surface area contributed by atoms with Crippen molar-refractivity contribution in [1.29, 1.82) is 0 Å². The fourth-order valence-corrected chi connectivity index (χ4v) is 6.05. The lowest BCUT2D eigenvalue weighted by atomic mass is 9.99. The van der Waals surface area contributed by atoms with E-state index in [1.165, 1.54) is 7.11 Å². The molecule has 2 atom stereocenters. The summed E-state index contributed by atoms with van der Waals surface area (Å²) in [4.78, 5) is 27.9. The van der Waals surface area contributed by atoms with E-state index >= 15 is 0 Å². The number of halogens is 1. The van der Waals surface area contributed by atoms with Gasteiger partial charge in [-0.1, -0.05) is 74.8 Å². The highest BCUT2D eigenvalue weighted by atomic mass is 35.5. The summed E-state index contributed by atoms with van der Waals surface area (Å²) in [7, 11) is -0.869. The molecule has 3 aromatic rings. The Hall–Kier alpha value is -3.33. The number of hydrogen-bond acceptors (Lipinski definition) is 6. The maximum Gasteiger partial charge on any atom is 0.410 e. The second-order valence-corrected chi connectivity index (χ2v) is 19.1. The summed E-state index contributed by atoms with van der Waals surface area (Å²) in [6.45, 7) is 19.3. The van der Waals surface area contributed by atoms with E-state index < -0.39 is 26.1 Å². The topological polar surface area (TPSA) is 77.1 Å². The molecule has 0 aliphatic carbocycles. The predicted octanol–water partition coefficient (Wildman–Crippen LogP) is 9.59. The lowest BCUT2D eigenvalue weighted by Crippen LogP contribution is -2.49. The Kier molecular flexibility index (Phi) is 11.9. The minimum absolute atomic E-state index is 0.0365. The van der Waals surface area contributed by atoms with Gasteiger partial charge < -0.3 is 24.1 Å². The van der Waals surface area contributed by atoms with Gasteiger partial charge in [0.05, 0.1) is 25.3 Å². The largest absolute Gasteiger partial charge is 0.465 e. The van der Waals surface area contributed by atoms with Crippen LogP contribution in [0.3, 0.4) is 0 Å². The van der Waals surface area contributed by atoms with Gasteiger partial charge in [0.1, 0.15) is 5.60 Å². The second-order valence-electron chi connectivity index (χ2n) is 13.9. The maximum absolute atomic E-state index is 13.7. The van der Waals surface area contributed by atoms with Crippen LogP contribution in [0.25, 0.3) is 11.1 Å². The summed E-state index contributed by atoms with van der Waals surface area (Å²) in [6.07, 6.45) is -0.818. The van der Waals surface area contributed by atoms with Crippen molar-refractivity contribution in [3.8, 4) is 11.1 Å². The number of amides is 1. The molecule has 244 valence electrons. The molecule has 0 saturated carbocycles. The Morgan fingerprint density at radius 3 is 2.22 bits per heavy atom. The normalized spacial score (nSPS) is 13.5. The third-order valence-corrected chi connectivity index (χ3v) is 12.8. The molecule has 0 aromatic heterocycles. The molecule has 0 heterocycles. The molecule has 1 amide bonds. The maximum atomic E-state index is 13.7. The van der Waals surface area contributed by atoms with Gasteiger partial charge in [0.15, 0.2) is 8.32 Å². The number of esters is 1. The fraction of sp³-hybridized carbons (Fsp3) is 0.444. The first-order valence-electron chi connectivity index (χ1n) is 15.4. The summed E-state index contributed by atoms with van der Waals surface area (Å²) in [5.74, 6) is -0.389. The van der Waals surface area contributed by atoms with Crippen LogP contribution in [0.5, 0.6) is 0 Å². The van der Waals surface area contributed by atoms with Crippen LogP contribution in [0.1, 0.15) is 70.5 Å². The highest BCUT2D eigenvalue weighted by Crippen LogP contribution is 2.40. The Labute approximate surface area is 275 Å². The number of carbonyl (C=O) groups is 2. The third-order valence-electron chi connectivity index (χ3n) is 8.09. The minimum Gasteiger partial charge on any atom is -0.465 e. The Balaban J connectivity index is 1.92. The highest BCUT2D eigenvalue weighted by molar-refractivity contribution is 6.74. The molecule has 0 aliphatic rings. The van der Waals surface area contributed by atoms with Gasteiger partial charge in [0, 0.05) is 23.3 Å². The van der Waals surface area contributed by atoms with Crippen molar-refractivity contribution in [1.82, 2.24) is 4.90 Å². The van der Waals surface area contributed by atoms with Crippen LogP contribution in [0.2, 0.25) is 23.2 Å². The number of rotatable bonds is 11. The summed E-state index contributed by atoms with van der Waals surface area (Å²) >= 11 is 6.42. The van der Waals surface area contributed by atoms with Gasteiger partial charge in [-0.2, -0.15) is 0 Å². The van der Waals surface area contributed by atoms with E-state index in [0.29, 0.717) is 17.1 Å². The fourth-order valence-electron chi connectivity index (χ4n) is 4.58. The van der Waals surface area contributed by atoms with Gasteiger partial charge >= 0.3 is 12.1 Å². The summed E-state index contributed by atoms with van der Waals surface area (Å²) in [5.41, 5.74) is 3.25. The molecule has 0 spiro atoms.